The van der Waals surface area contributed by atoms with E-state index in [4.69, 9.17) is 4.42 Å². The van der Waals surface area contributed by atoms with Gasteiger partial charge in [0.25, 0.3) is 0 Å². The molecule has 0 atom stereocenters. The Morgan fingerprint density at radius 3 is 1.98 bits per heavy atom. The van der Waals surface area contributed by atoms with Crippen LogP contribution in [0.25, 0.3) is 95.3 Å². The highest BCUT2D eigenvalue weighted by atomic mass is 32.1. The molecule has 0 aliphatic carbocycles. The maximum absolute atomic E-state index is 6.81. The average molecular weight is 750 g/mol. The van der Waals surface area contributed by atoms with Crippen molar-refractivity contribution in [2.75, 3.05) is 4.90 Å². The Balaban J connectivity index is 1.03. The van der Waals surface area contributed by atoms with Crippen molar-refractivity contribution in [3.8, 4) is 22.3 Å². The SMILES string of the molecule is c1ccc(N(c2ccc3sc4c(-c5cccc6oc7c(-c8ccc9sc%10ccccc%10c9c8)cccc7c56)cccc4c3c2)c2cccc3ccccc23)cc1. The molecule has 12 aromatic rings. The van der Waals surface area contributed by atoms with Crippen LogP contribution in [0, 0.1) is 0 Å². The van der Waals surface area contributed by atoms with Crippen LogP contribution in [0.4, 0.5) is 17.1 Å². The lowest BCUT2D eigenvalue weighted by Crippen LogP contribution is -2.10. The summed E-state index contributed by atoms with van der Waals surface area (Å²) < 4.78 is 12.0. The number of anilines is 3. The normalized spacial score (nSPS) is 11.9. The molecule has 0 amide bonds. The Bertz CT molecular complexity index is 3490. The number of benzene rings is 9. The summed E-state index contributed by atoms with van der Waals surface area (Å²) in [5.41, 5.74) is 9.96. The number of fused-ring (bicyclic) bond motifs is 10. The molecule has 262 valence electrons. The molecule has 9 aromatic carbocycles. The molecule has 56 heavy (non-hydrogen) atoms. The minimum atomic E-state index is 0.904. The van der Waals surface area contributed by atoms with E-state index in [0.29, 0.717) is 0 Å². The van der Waals surface area contributed by atoms with Gasteiger partial charge in [-0.05, 0) is 77.2 Å². The van der Waals surface area contributed by atoms with Crippen LogP contribution < -0.4 is 4.90 Å². The van der Waals surface area contributed by atoms with E-state index in [1.54, 1.807) is 0 Å². The highest BCUT2D eigenvalue weighted by molar-refractivity contribution is 7.26. The summed E-state index contributed by atoms with van der Waals surface area (Å²) in [6.45, 7) is 0. The van der Waals surface area contributed by atoms with Gasteiger partial charge in [-0.25, -0.2) is 0 Å². The van der Waals surface area contributed by atoms with E-state index in [-0.39, 0.29) is 0 Å². The number of thiophene rings is 2. The smallest absolute Gasteiger partial charge is 0.143 e. The quantitative estimate of drug-likeness (QED) is 0.174. The number of nitrogens with zero attached hydrogens (tertiary/aromatic N) is 1. The van der Waals surface area contributed by atoms with Gasteiger partial charge in [0, 0.05) is 79.0 Å². The summed E-state index contributed by atoms with van der Waals surface area (Å²) >= 11 is 3.72. The van der Waals surface area contributed by atoms with E-state index in [9.17, 15) is 0 Å². The van der Waals surface area contributed by atoms with Crippen molar-refractivity contribution in [1.82, 2.24) is 0 Å². The van der Waals surface area contributed by atoms with Crippen molar-refractivity contribution in [3.05, 3.63) is 188 Å². The van der Waals surface area contributed by atoms with Crippen molar-refractivity contribution in [2.24, 2.45) is 0 Å². The standard InChI is InChI=1S/C52H31NOS2/c1-2-14-34(15-3-1)53(45-23-8-13-32-12-4-5-16-36(32)45)35-27-29-49-44(31-35)41-21-10-20-40(52(41)56-49)39-19-11-24-46-50(39)42-22-9-18-37(51(42)54-46)33-26-28-48-43(30-33)38-17-6-7-25-47(38)55-48/h1-31H. The van der Waals surface area contributed by atoms with E-state index < -0.39 is 0 Å². The predicted octanol–water partition coefficient (Wildman–Crippen LogP) is 16.3. The third-order valence-electron chi connectivity index (χ3n) is 11.3. The number of rotatable bonds is 5. The molecule has 3 heterocycles. The second-order valence-corrected chi connectivity index (χ2v) is 16.5. The Morgan fingerprint density at radius 1 is 0.393 bits per heavy atom. The van der Waals surface area contributed by atoms with Crippen LogP contribution in [0.2, 0.25) is 0 Å². The second kappa shape index (κ2) is 12.4. The van der Waals surface area contributed by atoms with Gasteiger partial charge in [-0.2, -0.15) is 0 Å². The number of furan rings is 1. The second-order valence-electron chi connectivity index (χ2n) is 14.4. The molecule has 0 radical (unpaired) electrons. The Labute approximate surface area is 330 Å². The van der Waals surface area contributed by atoms with Crippen LogP contribution in [-0.2, 0) is 0 Å². The summed E-state index contributed by atoms with van der Waals surface area (Å²) in [4.78, 5) is 2.39. The first-order chi connectivity index (χ1) is 27.8. The van der Waals surface area contributed by atoms with Gasteiger partial charge < -0.3 is 9.32 Å². The summed E-state index contributed by atoms with van der Waals surface area (Å²) in [6, 6.07) is 68.3. The average Bonchev–Trinajstić information content (AvgIpc) is 3.95. The predicted molar refractivity (Wildman–Crippen MR) is 243 cm³/mol. The van der Waals surface area contributed by atoms with E-state index in [2.05, 4.69) is 193 Å². The summed E-state index contributed by atoms with van der Waals surface area (Å²) in [5, 5.41) is 9.85. The molecule has 0 unspecified atom stereocenters. The largest absolute Gasteiger partial charge is 0.455 e. The van der Waals surface area contributed by atoms with Crippen LogP contribution in [0.15, 0.2) is 192 Å². The van der Waals surface area contributed by atoms with Crippen LogP contribution in [0.3, 0.4) is 0 Å². The molecule has 0 N–H and O–H groups in total. The van der Waals surface area contributed by atoms with Crippen LogP contribution in [0.5, 0.6) is 0 Å². The molecule has 0 aliphatic heterocycles. The lowest BCUT2D eigenvalue weighted by molar-refractivity contribution is 0.670. The maximum atomic E-state index is 6.81. The topological polar surface area (TPSA) is 16.4 Å². The Hall–Kier alpha value is -6.72. The first-order valence-electron chi connectivity index (χ1n) is 18.9. The first kappa shape index (κ1) is 31.6. The van der Waals surface area contributed by atoms with Gasteiger partial charge in [0.15, 0.2) is 0 Å². The molecular formula is C52H31NOS2. The third kappa shape index (κ3) is 4.80. The maximum Gasteiger partial charge on any atom is 0.143 e. The summed E-state index contributed by atoms with van der Waals surface area (Å²) in [7, 11) is 0. The van der Waals surface area contributed by atoms with Gasteiger partial charge in [-0.15, -0.1) is 22.7 Å². The molecular weight excluding hydrogens is 719 g/mol. The highest BCUT2D eigenvalue weighted by Gasteiger charge is 2.21. The third-order valence-corrected chi connectivity index (χ3v) is 13.6. The molecule has 12 rings (SSSR count). The molecule has 0 aliphatic rings. The van der Waals surface area contributed by atoms with Crippen molar-refractivity contribution in [3.63, 3.8) is 0 Å². The Kier molecular flexibility index (Phi) is 7.00. The van der Waals surface area contributed by atoms with Gasteiger partial charge in [-0.3, -0.25) is 0 Å². The van der Waals surface area contributed by atoms with Crippen molar-refractivity contribution >= 4 is 113 Å². The fourth-order valence-corrected chi connectivity index (χ4v) is 11.0. The molecule has 3 aromatic heterocycles. The molecule has 0 saturated heterocycles. The van der Waals surface area contributed by atoms with Gasteiger partial charge in [0.05, 0.1) is 5.69 Å². The van der Waals surface area contributed by atoms with E-state index in [1.165, 1.54) is 67.8 Å². The zero-order valence-electron chi connectivity index (χ0n) is 30.1. The van der Waals surface area contributed by atoms with Gasteiger partial charge in [0.2, 0.25) is 0 Å². The number of hydrogen-bond acceptors (Lipinski definition) is 4. The van der Waals surface area contributed by atoms with Gasteiger partial charge in [-0.1, -0.05) is 127 Å². The molecule has 0 bridgehead atoms. The van der Waals surface area contributed by atoms with Crippen LogP contribution >= 0.6 is 22.7 Å². The zero-order chi connectivity index (χ0) is 36.7. The monoisotopic (exact) mass is 749 g/mol. The molecule has 4 heteroatoms. The van der Waals surface area contributed by atoms with E-state index in [1.807, 2.05) is 22.7 Å². The number of hydrogen-bond donors (Lipinski definition) is 0. The van der Waals surface area contributed by atoms with Crippen LogP contribution in [-0.4, -0.2) is 0 Å². The lowest BCUT2D eigenvalue weighted by Gasteiger charge is -2.27. The fourth-order valence-electron chi connectivity index (χ4n) is 8.74. The number of para-hydroxylation sites is 2. The van der Waals surface area contributed by atoms with Crippen molar-refractivity contribution in [1.29, 1.82) is 0 Å². The molecule has 0 fully saturated rings. The minimum absolute atomic E-state index is 0.904. The van der Waals surface area contributed by atoms with Gasteiger partial charge in [0.1, 0.15) is 11.2 Å². The molecule has 0 saturated carbocycles. The summed E-state index contributed by atoms with van der Waals surface area (Å²) in [6.07, 6.45) is 0. The highest BCUT2D eigenvalue weighted by Crippen LogP contribution is 2.48. The van der Waals surface area contributed by atoms with Crippen molar-refractivity contribution < 1.29 is 4.42 Å². The van der Waals surface area contributed by atoms with E-state index >= 15 is 0 Å². The van der Waals surface area contributed by atoms with E-state index in [0.717, 1.165) is 44.6 Å². The Morgan fingerprint density at radius 2 is 1.05 bits per heavy atom. The van der Waals surface area contributed by atoms with Crippen molar-refractivity contribution in [2.45, 2.75) is 0 Å². The van der Waals surface area contributed by atoms with Gasteiger partial charge >= 0.3 is 0 Å². The zero-order valence-corrected chi connectivity index (χ0v) is 31.7. The minimum Gasteiger partial charge on any atom is -0.455 e. The van der Waals surface area contributed by atoms with Crippen LogP contribution in [0.1, 0.15) is 0 Å². The lowest BCUT2D eigenvalue weighted by atomic mass is 9.96. The fraction of sp³-hybridized carbons (Fsp3) is 0. The molecule has 0 spiro atoms. The summed E-state index contributed by atoms with van der Waals surface area (Å²) in [5.74, 6) is 0. The first-order valence-corrected chi connectivity index (χ1v) is 20.5. The molecule has 2 nitrogen and oxygen atoms in total.